The van der Waals surface area contributed by atoms with E-state index in [1.54, 1.807) is 0 Å². The molecule has 1 saturated heterocycles. The first kappa shape index (κ1) is 10.4. The summed E-state index contributed by atoms with van der Waals surface area (Å²) in [6, 6.07) is 0. The Bertz CT molecular complexity index is 174. The van der Waals surface area contributed by atoms with Gasteiger partial charge in [-0.05, 0) is 45.7 Å². The van der Waals surface area contributed by atoms with Gasteiger partial charge in [0.15, 0.2) is 0 Å². The lowest BCUT2D eigenvalue weighted by atomic mass is 10.1. The predicted octanol–water partition coefficient (Wildman–Crippen LogP) is 0.897. The summed E-state index contributed by atoms with van der Waals surface area (Å²) in [4.78, 5) is 0. The van der Waals surface area contributed by atoms with Gasteiger partial charge in [0.25, 0.3) is 0 Å². The lowest BCUT2D eigenvalue weighted by molar-refractivity contribution is 0.0337. The molecule has 2 N–H and O–H groups in total. The molecule has 1 heterocycles. The SMILES string of the molecule is CC1(NCCOC2CCNCC2)CC1. The summed E-state index contributed by atoms with van der Waals surface area (Å²) in [5.74, 6) is 0. The first-order chi connectivity index (χ1) is 6.79. The van der Waals surface area contributed by atoms with Gasteiger partial charge in [0, 0.05) is 12.1 Å². The average molecular weight is 198 g/mol. The van der Waals surface area contributed by atoms with Crippen molar-refractivity contribution in [2.24, 2.45) is 0 Å². The van der Waals surface area contributed by atoms with E-state index >= 15 is 0 Å². The van der Waals surface area contributed by atoms with E-state index in [4.69, 9.17) is 4.74 Å². The summed E-state index contributed by atoms with van der Waals surface area (Å²) in [6.45, 7) is 6.42. The summed E-state index contributed by atoms with van der Waals surface area (Å²) in [5, 5.41) is 6.88. The molecule has 0 radical (unpaired) electrons. The Kier molecular flexibility index (Phi) is 3.42. The van der Waals surface area contributed by atoms with E-state index in [0.717, 1.165) is 26.2 Å². The second-order valence-electron chi connectivity index (χ2n) is 4.81. The molecule has 1 saturated carbocycles. The molecule has 0 spiro atoms. The van der Waals surface area contributed by atoms with Crippen LogP contribution in [0.5, 0.6) is 0 Å². The summed E-state index contributed by atoms with van der Waals surface area (Å²) < 4.78 is 5.80. The van der Waals surface area contributed by atoms with Crippen molar-refractivity contribution >= 4 is 0 Å². The van der Waals surface area contributed by atoms with E-state index < -0.39 is 0 Å². The van der Waals surface area contributed by atoms with Gasteiger partial charge in [-0.1, -0.05) is 0 Å². The highest BCUT2D eigenvalue weighted by atomic mass is 16.5. The van der Waals surface area contributed by atoms with Crippen molar-refractivity contribution in [3.8, 4) is 0 Å². The van der Waals surface area contributed by atoms with Crippen LogP contribution in [0.1, 0.15) is 32.6 Å². The third kappa shape index (κ3) is 3.23. The van der Waals surface area contributed by atoms with E-state index in [2.05, 4.69) is 17.6 Å². The van der Waals surface area contributed by atoms with Crippen molar-refractivity contribution in [1.29, 1.82) is 0 Å². The standard InChI is InChI=1S/C11H22N2O/c1-11(4-5-11)13-8-9-14-10-2-6-12-7-3-10/h10,12-13H,2-9H2,1H3. The highest BCUT2D eigenvalue weighted by Crippen LogP contribution is 2.33. The fourth-order valence-electron chi connectivity index (χ4n) is 1.90. The van der Waals surface area contributed by atoms with Crippen molar-refractivity contribution in [3.05, 3.63) is 0 Å². The molecule has 0 unspecified atom stereocenters. The quantitative estimate of drug-likeness (QED) is 0.644. The molecule has 3 heteroatoms. The van der Waals surface area contributed by atoms with Gasteiger partial charge < -0.3 is 15.4 Å². The van der Waals surface area contributed by atoms with Crippen molar-refractivity contribution in [2.45, 2.75) is 44.2 Å². The maximum Gasteiger partial charge on any atom is 0.0600 e. The molecule has 0 aromatic heterocycles. The van der Waals surface area contributed by atoms with Gasteiger partial charge in [0.1, 0.15) is 0 Å². The number of ether oxygens (including phenoxy) is 1. The van der Waals surface area contributed by atoms with Crippen LogP contribution in [0.3, 0.4) is 0 Å². The monoisotopic (exact) mass is 198 g/mol. The van der Waals surface area contributed by atoms with Crippen LogP contribution in [-0.2, 0) is 4.74 Å². The molecule has 0 aromatic carbocycles. The van der Waals surface area contributed by atoms with Crippen LogP contribution in [0.15, 0.2) is 0 Å². The van der Waals surface area contributed by atoms with Crippen LogP contribution in [0.25, 0.3) is 0 Å². The maximum atomic E-state index is 5.80. The van der Waals surface area contributed by atoms with Gasteiger partial charge in [-0.2, -0.15) is 0 Å². The third-order valence-corrected chi connectivity index (χ3v) is 3.29. The van der Waals surface area contributed by atoms with Crippen LogP contribution < -0.4 is 10.6 Å². The number of hydrogen-bond donors (Lipinski definition) is 2. The molecule has 0 aromatic rings. The second-order valence-corrected chi connectivity index (χ2v) is 4.81. The molecule has 3 nitrogen and oxygen atoms in total. The Hall–Kier alpha value is -0.120. The van der Waals surface area contributed by atoms with Gasteiger partial charge >= 0.3 is 0 Å². The molecule has 0 atom stereocenters. The van der Waals surface area contributed by atoms with Crippen LogP contribution in [-0.4, -0.2) is 37.9 Å². The van der Waals surface area contributed by atoms with Crippen LogP contribution >= 0.6 is 0 Å². The maximum absolute atomic E-state index is 5.80. The topological polar surface area (TPSA) is 33.3 Å². The Morgan fingerprint density at radius 2 is 2.07 bits per heavy atom. The molecule has 0 bridgehead atoms. The summed E-state index contributed by atoms with van der Waals surface area (Å²) >= 11 is 0. The molecule has 2 aliphatic rings. The van der Waals surface area contributed by atoms with E-state index in [9.17, 15) is 0 Å². The summed E-state index contributed by atoms with van der Waals surface area (Å²) in [6.07, 6.45) is 5.53. The van der Waals surface area contributed by atoms with Crippen LogP contribution in [0.2, 0.25) is 0 Å². The van der Waals surface area contributed by atoms with Crippen molar-refractivity contribution in [3.63, 3.8) is 0 Å². The highest BCUT2D eigenvalue weighted by Gasteiger charge is 2.36. The number of hydrogen-bond acceptors (Lipinski definition) is 3. The fourth-order valence-corrected chi connectivity index (χ4v) is 1.90. The number of nitrogens with one attached hydrogen (secondary N) is 2. The molecule has 2 fully saturated rings. The van der Waals surface area contributed by atoms with Crippen molar-refractivity contribution in [1.82, 2.24) is 10.6 Å². The zero-order chi connectivity index (χ0) is 9.86. The average Bonchev–Trinajstić information content (AvgIpc) is 2.94. The van der Waals surface area contributed by atoms with Crippen molar-refractivity contribution < 1.29 is 4.74 Å². The number of piperidine rings is 1. The van der Waals surface area contributed by atoms with Gasteiger partial charge in [-0.25, -0.2) is 0 Å². The zero-order valence-corrected chi connectivity index (χ0v) is 9.14. The third-order valence-electron chi connectivity index (χ3n) is 3.29. The number of rotatable bonds is 5. The molecule has 1 aliphatic heterocycles. The van der Waals surface area contributed by atoms with Crippen LogP contribution in [0, 0.1) is 0 Å². The minimum atomic E-state index is 0.456. The van der Waals surface area contributed by atoms with Crippen molar-refractivity contribution in [2.75, 3.05) is 26.2 Å². The molecule has 0 amide bonds. The van der Waals surface area contributed by atoms with Crippen LogP contribution in [0.4, 0.5) is 0 Å². The molecule has 14 heavy (non-hydrogen) atoms. The fraction of sp³-hybridized carbons (Fsp3) is 1.00. The van der Waals surface area contributed by atoms with E-state index in [-0.39, 0.29) is 0 Å². The van der Waals surface area contributed by atoms with Gasteiger partial charge in [0.05, 0.1) is 12.7 Å². The van der Waals surface area contributed by atoms with Gasteiger partial charge in [-0.15, -0.1) is 0 Å². The summed E-state index contributed by atoms with van der Waals surface area (Å²) in [5.41, 5.74) is 0.456. The molecule has 82 valence electrons. The van der Waals surface area contributed by atoms with E-state index in [0.29, 0.717) is 11.6 Å². The normalized spacial score (nSPS) is 26.4. The molecular weight excluding hydrogens is 176 g/mol. The van der Waals surface area contributed by atoms with E-state index in [1.165, 1.54) is 25.7 Å². The Labute approximate surface area is 86.6 Å². The lowest BCUT2D eigenvalue weighted by Gasteiger charge is -2.23. The first-order valence-corrected chi connectivity index (χ1v) is 5.86. The Morgan fingerprint density at radius 3 is 2.71 bits per heavy atom. The van der Waals surface area contributed by atoms with E-state index in [1.807, 2.05) is 0 Å². The summed E-state index contributed by atoms with van der Waals surface area (Å²) in [7, 11) is 0. The Balaban J connectivity index is 1.49. The minimum Gasteiger partial charge on any atom is -0.377 e. The van der Waals surface area contributed by atoms with Gasteiger partial charge in [-0.3, -0.25) is 0 Å². The molecule has 2 rings (SSSR count). The predicted molar refractivity (Wildman–Crippen MR) is 57.5 cm³/mol. The smallest absolute Gasteiger partial charge is 0.0600 e. The second kappa shape index (κ2) is 4.60. The zero-order valence-electron chi connectivity index (χ0n) is 9.14. The molecule has 1 aliphatic carbocycles. The highest BCUT2D eigenvalue weighted by molar-refractivity contribution is 4.97. The largest absolute Gasteiger partial charge is 0.377 e. The lowest BCUT2D eigenvalue weighted by Crippen LogP contribution is -2.35. The van der Waals surface area contributed by atoms with Gasteiger partial charge in [0.2, 0.25) is 0 Å². The Morgan fingerprint density at radius 1 is 1.36 bits per heavy atom. The minimum absolute atomic E-state index is 0.456. The molecular formula is C11H22N2O. The first-order valence-electron chi connectivity index (χ1n) is 5.86.